The Morgan fingerprint density at radius 3 is 2.71 bits per heavy atom. The highest BCUT2D eigenvalue weighted by atomic mass is 19.1. The Morgan fingerprint density at radius 2 is 2.08 bits per heavy atom. The van der Waals surface area contributed by atoms with E-state index in [1.165, 1.54) is 18.3 Å². The second-order valence-electron chi connectivity index (χ2n) is 5.37. The molecule has 0 saturated heterocycles. The molecule has 126 valence electrons. The average Bonchev–Trinajstić information content (AvgIpc) is 2.99. The van der Waals surface area contributed by atoms with Crippen LogP contribution in [-0.2, 0) is 4.79 Å². The maximum absolute atomic E-state index is 13.8. The van der Waals surface area contributed by atoms with Gasteiger partial charge in [0.1, 0.15) is 23.1 Å². The number of carbonyl (C=O) groups excluding carboxylic acids is 2. The monoisotopic (exact) mass is 333 g/mol. The summed E-state index contributed by atoms with van der Waals surface area (Å²) >= 11 is 0. The lowest BCUT2D eigenvalue weighted by Gasteiger charge is -2.10. The first kappa shape index (κ1) is 17.5. The molecule has 1 aromatic heterocycles. The number of ketones is 1. The number of Topliss-reactive ketones (excluding diaryl/α,β-unsaturated/α-hetero) is 1. The molecule has 1 heterocycles. The highest BCUT2D eigenvalue weighted by Crippen LogP contribution is 2.25. The van der Waals surface area contributed by atoms with E-state index in [1.807, 2.05) is 0 Å². The predicted molar refractivity (Wildman–Crippen MR) is 85.3 cm³/mol. The van der Waals surface area contributed by atoms with E-state index in [1.54, 1.807) is 6.92 Å². The lowest BCUT2D eigenvalue weighted by Crippen LogP contribution is -2.26. The fraction of sp³-hybridized carbons (Fsp3) is 0.235. The van der Waals surface area contributed by atoms with Crippen LogP contribution in [0.4, 0.5) is 8.78 Å². The fourth-order valence-corrected chi connectivity index (χ4v) is 2.36. The Hall–Kier alpha value is -2.83. The number of aryl methyl sites for hydroxylation is 1. The van der Waals surface area contributed by atoms with Gasteiger partial charge in [-0.1, -0.05) is 6.58 Å². The highest BCUT2D eigenvalue weighted by Gasteiger charge is 2.15. The van der Waals surface area contributed by atoms with Crippen molar-refractivity contribution < 1.29 is 18.4 Å². The predicted octanol–water partition coefficient (Wildman–Crippen LogP) is 2.79. The number of hydrogen-bond donors (Lipinski definition) is 2. The SMILES string of the molecule is C=C(CC(=O)CCNC(=O)c1ccn[nH]1)c1c(C)cc(F)cc1F. The van der Waals surface area contributed by atoms with Gasteiger partial charge >= 0.3 is 0 Å². The number of benzene rings is 1. The van der Waals surface area contributed by atoms with Gasteiger partial charge < -0.3 is 5.32 Å². The van der Waals surface area contributed by atoms with Crippen molar-refractivity contribution in [3.63, 3.8) is 0 Å². The first-order valence-electron chi connectivity index (χ1n) is 7.31. The van der Waals surface area contributed by atoms with Gasteiger partial charge in [0.25, 0.3) is 5.91 Å². The smallest absolute Gasteiger partial charge is 0.269 e. The molecule has 0 aliphatic rings. The van der Waals surface area contributed by atoms with Crippen LogP contribution >= 0.6 is 0 Å². The number of rotatable bonds is 7. The summed E-state index contributed by atoms with van der Waals surface area (Å²) in [5.74, 6) is -1.97. The standard InChI is InChI=1S/C17H17F2N3O2/c1-10-7-12(18)9-14(19)16(10)11(2)8-13(23)3-5-20-17(24)15-4-6-21-22-15/h4,6-7,9H,2-3,5,8H2,1H3,(H,20,24)(H,21,22). The molecule has 2 rings (SSSR count). The molecule has 0 atom stereocenters. The molecule has 0 bridgehead atoms. The van der Waals surface area contributed by atoms with E-state index < -0.39 is 11.6 Å². The highest BCUT2D eigenvalue weighted by molar-refractivity contribution is 5.93. The van der Waals surface area contributed by atoms with Gasteiger partial charge in [0, 0.05) is 37.2 Å². The van der Waals surface area contributed by atoms with Crippen molar-refractivity contribution in [3.8, 4) is 0 Å². The van der Waals surface area contributed by atoms with Gasteiger partial charge in [-0.25, -0.2) is 8.78 Å². The number of carbonyl (C=O) groups is 2. The van der Waals surface area contributed by atoms with Crippen LogP contribution < -0.4 is 5.32 Å². The molecule has 1 aromatic carbocycles. The van der Waals surface area contributed by atoms with Crippen molar-refractivity contribution in [3.05, 3.63) is 59.4 Å². The number of amides is 1. The Morgan fingerprint density at radius 1 is 1.33 bits per heavy atom. The van der Waals surface area contributed by atoms with Gasteiger partial charge in [0.15, 0.2) is 0 Å². The van der Waals surface area contributed by atoms with Gasteiger partial charge in [-0.2, -0.15) is 5.10 Å². The van der Waals surface area contributed by atoms with Crippen LogP contribution in [0.3, 0.4) is 0 Å². The van der Waals surface area contributed by atoms with E-state index >= 15 is 0 Å². The minimum atomic E-state index is -0.738. The molecule has 2 N–H and O–H groups in total. The summed E-state index contributed by atoms with van der Waals surface area (Å²) in [6.45, 7) is 5.42. The normalized spacial score (nSPS) is 10.5. The van der Waals surface area contributed by atoms with Crippen molar-refractivity contribution in [1.82, 2.24) is 15.5 Å². The summed E-state index contributed by atoms with van der Waals surface area (Å²) in [7, 11) is 0. The summed E-state index contributed by atoms with van der Waals surface area (Å²) in [6, 6.07) is 3.47. The van der Waals surface area contributed by atoms with Crippen LogP contribution in [0.1, 0.15) is 34.5 Å². The van der Waals surface area contributed by atoms with Crippen molar-refractivity contribution >= 4 is 17.3 Å². The first-order chi connectivity index (χ1) is 11.4. The van der Waals surface area contributed by atoms with E-state index in [-0.39, 0.29) is 42.2 Å². The second-order valence-corrected chi connectivity index (χ2v) is 5.37. The molecule has 5 nitrogen and oxygen atoms in total. The molecule has 1 amide bonds. The molecule has 0 radical (unpaired) electrons. The Labute approximate surface area is 137 Å². The number of aromatic nitrogens is 2. The lowest BCUT2D eigenvalue weighted by molar-refractivity contribution is -0.117. The summed E-state index contributed by atoms with van der Waals surface area (Å²) in [4.78, 5) is 23.6. The zero-order chi connectivity index (χ0) is 17.7. The molecule has 24 heavy (non-hydrogen) atoms. The van der Waals surface area contributed by atoms with Crippen molar-refractivity contribution in [2.45, 2.75) is 19.8 Å². The zero-order valence-corrected chi connectivity index (χ0v) is 13.2. The number of nitrogens with one attached hydrogen (secondary N) is 2. The quantitative estimate of drug-likeness (QED) is 0.818. The summed E-state index contributed by atoms with van der Waals surface area (Å²) in [6.07, 6.45) is 1.47. The number of H-pyrrole nitrogens is 1. The molecule has 0 saturated carbocycles. The van der Waals surface area contributed by atoms with Gasteiger partial charge in [0.05, 0.1) is 0 Å². The van der Waals surface area contributed by atoms with Crippen LogP contribution in [0.2, 0.25) is 0 Å². The van der Waals surface area contributed by atoms with Crippen LogP contribution in [0, 0.1) is 18.6 Å². The van der Waals surface area contributed by atoms with E-state index in [0.717, 1.165) is 6.07 Å². The zero-order valence-electron chi connectivity index (χ0n) is 13.2. The minimum absolute atomic E-state index is 0.0662. The number of allylic oxidation sites excluding steroid dienone is 1. The van der Waals surface area contributed by atoms with Crippen molar-refractivity contribution in [2.24, 2.45) is 0 Å². The maximum Gasteiger partial charge on any atom is 0.269 e. The van der Waals surface area contributed by atoms with Crippen LogP contribution in [0.5, 0.6) is 0 Å². The van der Waals surface area contributed by atoms with Crippen molar-refractivity contribution in [1.29, 1.82) is 0 Å². The van der Waals surface area contributed by atoms with Gasteiger partial charge in [-0.05, 0) is 30.2 Å². The Kier molecular flexibility index (Phi) is 5.57. The summed E-state index contributed by atoms with van der Waals surface area (Å²) in [5.41, 5.74) is 1.13. The number of nitrogens with zero attached hydrogens (tertiary/aromatic N) is 1. The van der Waals surface area contributed by atoms with Crippen LogP contribution in [-0.4, -0.2) is 28.4 Å². The third kappa shape index (κ3) is 4.34. The summed E-state index contributed by atoms with van der Waals surface area (Å²) in [5, 5.41) is 8.74. The molecular formula is C17H17F2N3O2. The third-order valence-corrected chi connectivity index (χ3v) is 3.45. The third-order valence-electron chi connectivity index (χ3n) is 3.45. The van der Waals surface area contributed by atoms with E-state index in [0.29, 0.717) is 11.3 Å². The molecule has 0 spiro atoms. The van der Waals surface area contributed by atoms with Crippen molar-refractivity contribution in [2.75, 3.05) is 6.54 Å². The number of aromatic amines is 1. The molecule has 0 fully saturated rings. The lowest BCUT2D eigenvalue weighted by atomic mass is 9.96. The van der Waals surface area contributed by atoms with Gasteiger partial charge in [0.2, 0.25) is 0 Å². The minimum Gasteiger partial charge on any atom is -0.350 e. The van der Waals surface area contributed by atoms with Crippen LogP contribution in [0.25, 0.3) is 5.57 Å². The molecule has 2 aromatic rings. The summed E-state index contributed by atoms with van der Waals surface area (Å²) < 4.78 is 27.0. The molecule has 0 aliphatic carbocycles. The van der Waals surface area contributed by atoms with Crippen LogP contribution in [0.15, 0.2) is 31.0 Å². The average molecular weight is 333 g/mol. The topological polar surface area (TPSA) is 74.8 Å². The molecule has 0 aliphatic heterocycles. The Bertz CT molecular complexity index is 747. The van der Waals surface area contributed by atoms with Gasteiger partial charge in [-0.3, -0.25) is 14.7 Å². The Balaban J connectivity index is 1.86. The van der Waals surface area contributed by atoms with E-state index in [9.17, 15) is 18.4 Å². The molecule has 7 heteroatoms. The largest absolute Gasteiger partial charge is 0.350 e. The second kappa shape index (κ2) is 7.63. The van der Waals surface area contributed by atoms with E-state index in [2.05, 4.69) is 22.1 Å². The maximum atomic E-state index is 13.8. The molecular weight excluding hydrogens is 316 g/mol. The number of halogens is 2. The first-order valence-corrected chi connectivity index (χ1v) is 7.31. The van der Waals surface area contributed by atoms with E-state index in [4.69, 9.17) is 0 Å². The van der Waals surface area contributed by atoms with Gasteiger partial charge in [-0.15, -0.1) is 0 Å². The molecule has 0 unspecified atom stereocenters. The fourth-order valence-electron chi connectivity index (χ4n) is 2.36. The number of hydrogen-bond acceptors (Lipinski definition) is 3.